The summed E-state index contributed by atoms with van der Waals surface area (Å²) in [5.74, 6) is 1.33. The van der Waals surface area contributed by atoms with Crippen molar-refractivity contribution in [1.29, 1.82) is 0 Å². The molecule has 4 N–H and O–H groups in total. The number of nitrogens with two attached hydrogens (primary N) is 1. The highest BCUT2D eigenvalue weighted by Gasteiger charge is 2.08. The normalized spacial score (nSPS) is 10.8. The lowest BCUT2D eigenvalue weighted by molar-refractivity contribution is 0.211. The molecule has 3 aromatic carbocycles. The first-order valence-electron chi connectivity index (χ1n) is 8.11. The Hall–Kier alpha value is -3.45. The number of nitrogens with one attached hydrogen (secondary N) is 1. The number of primary amides is 1. The number of hydrogen-bond donors (Lipinski definition) is 3. The number of aromatic amines is 1. The molecular formula is C20H15N3O3S. The van der Waals surface area contributed by atoms with E-state index in [0.717, 1.165) is 26.7 Å². The second-order valence-corrected chi connectivity index (χ2v) is 6.95. The number of imidazole rings is 1. The molecule has 0 aliphatic rings. The number of carbonyl (C=O) groups excluding carboxylic acids is 1. The second kappa shape index (κ2) is 7.05. The van der Waals surface area contributed by atoms with Gasteiger partial charge >= 0.3 is 6.09 Å². The Morgan fingerprint density at radius 1 is 1.00 bits per heavy atom. The van der Waals surface area contributed by atoms with Gasteiger partial charge in [0.15, 0.2) is 0 Å². The summed E-state index contributed by atoms with van der Waals surface area (Å²) < 4.78 is 4.88. The molecule has 0 atom stereocenters. The van der Waals surface area contributed by atoms with Gasteiger partial charge in [0.25, 0.3) is 0 Å². The van der Waals surface area contributed by atoms with Gasteiger partial charge in [0.05, 0.1) is 11.0 Å². The molecule has 0 aliphatic carbocycles. The van der Waals surface area contributed by atoms with Crippen LogP contribution in [0.4, 0.5) is 4.79 Å². The number of amides is 1. The fourth-order valence-corrected chi connectivity index (χ4v) is 3.45. The molecule has 7 heteroatoms. The first-order valence-corrected chi connectivity index (χ1v) is 8.93. The average molecular weight is 377 g/mol. The highest BCUT2D eigenvalue weighted by molar-refractivity contribution is 7.99. The van der Waals surface area contributed by atoms with E-state index in [1.807, 2.05) is 36.4 Å². The van der Waals surface area contributed by atoms with Crippen molar-refractivity contribution in [3.05, 3.63) is 66.7 Å². The summed E-state index contributed by atoms with van der Waals surface area (Å²) in [6, 6.07) is 20.2. The van der Waals surface area contributed by atoms with E-state index in [2.05, 4.69) is 9.97 Å². The minimum Gasteiger partial charge on any atom is -0.508 e. The zero-order valence-electron chi connectivity index (χ0n) is 14.0. The van der Waals surface area contributed by atoms with E-state index in [9.17, 15) is 9.90 Å². The Labute approximate surface area is 159 Å². The van der Waals surface area contributed by atoms with Crippen LogP contribution in [0.2, 0.25) is 0 Å². The third kappa shape index (κ3) is 3.88. The number of hydrogen-bond acceptors (Lipinski definition) is 5. The zero-order chi connectivity index (χ0) is 18.8. The van der Waals surface area contributed by atoms with Crippen LogP contribution in [0.3, 0.4) is 0 Å². The summed E-state index contributed by atoms with van der Waals surface area (Å²) in [5, 5.41) is 9.35. The molecule has 0 fully saturated rings. The number of phenolic OH excluding ortho intramolecular Hbond substituents is 1. The molecule has 0 saturated carbocycles. The molecule has 1 heterocycles. The molecule has 4 rings (SSSR count). The van der Waals surface area contributed by atoms with Gasteiger partial charge in [-0.15, -0.1) is 0 Å². The van der Waals surface area contributed by atoms with Crippen molar-refractivity contribution in [1.82, 2.24) is 9.97 Å². The largest absolute Gasteiger partial charge is 0.508 e. The van der Waals surface area contributed by atoms with Gasteiger partial charge in [-0.25, -0.2) is 9.78 Å². The summed E-state index contributed by atoms with van der Waals surface area (Å²) >= 11 is 1.61. The van der Waals surface area contributed by atoms with Crippen LogP contribution in [0.15, 0.2) is 76.5 Å². The number of rotatable bonds is 4. The second-order valence-electron chi connectivity index (χ2n) is 5.81. The topological polar surface area (TPSA) is 101 Å². The van der Waals surface area contributed by atoms with E-state index in [-0.39, 0.29) is 5.75 Å². The van der Waals surface area contributed by atoms with Gasteiger partial charge in [-0.2, -0.15) is 0 Å². The molecule has 0 aliphatic heterocycles. The maximum Gasteiger partial charge on any atom is 0.409 e. The minimum atomic E-state index is -0.855. The number of H-pyrrole nitrogens is 1. The Morgan fingerprint density at radius 3 is 2.33 bits per heavy atom. The van der Waals surface area contributed by atoms with Crippen LogP contribution in [0.1, 0.15) is 0 Å². The van der Waals surface area contributed by atoms with Gasteiger partial charge in [0, 0.05) is 21.4 Å². The molecule has 0 unspecified atom stereocenters. The summed E-state index contributed by atoms with van der Waals surface area (Å²) in [7, 11) is 0. The lowest BCUT2D eigenvalue weighted by Crippen LogP contribution is -2.16. The Bertz CT molecular complexity index is 1110. The Morgan fingerprint density at radius 2 is 1.67 bits per heavy atom. The summed E-state index contributed by atoms with van der Waals surface area (Å²) in [5.41, 5.74) is 7.50. The zero-order valence-corrected chi connectivity index (χ0v) is 14.9. The molecule has 27 heavy (non-hydrogen) atoms. The summed E-state index contributed by atoms with van der Waals surface area (Å²) in [6.45, 7) is 0. The van der Waals surface area contributed by atoms with Gasteiger partial charge in [-0.3, -0.25) is 0 Å². The van der Waals surface area contributed by atoms with E-state index < -0.39 is 6.09 Å². The third-order valence-electron chi connectivity index (χ3n) is 3.87. The van der Waals surface area contributed by atoms with E-state index >= 15 is 0 Å². The van der Waals surface area contributed by atoms with Crippen LogP contribution < -0.4 is 10.5 Å². The van der Waals surface area contributed by atoms with E-state index in [0.29, 0.717) is 11.3 Å². The van der Waals surface area contributed by atoms with Crippen LogP contribution >= 0.6 is 11.8 Å². The van der Waals surface area contributed by atoms with Gasteiger partial charge in [0.2, 0.25) is 0 Å². The molecule has 0 radical (unpaired) electrons. The van der Waals surface area contributed by atoms with Crippen molar-refractivity contribution >= 4 is 28.9 Å². The molecule has 0 spiro atoms. The van der Waals surface area contributed by atoms with Gasteiger partial charge < -0.3 is 20.6 Å². The van der Waals surface area contributed by atoms with Crippen molar-refractivity contribution in [2.75, 3.05) is 0 Å². The van der Waals surface area contributed by atoms with Crippen molar-refractivity contribution in [3.63, 3.8) is 0 Å². The average Bonchev–Trinajstić information content (AvgIpc) is 3.07. The lowest BCUT2D eigenvalue weighted by atomic mass is 10.2. The van der Waals surface area contributed by atoms with Crippen LogP contribution in [0.25, 0.3) is 22.4 Å². The van der Waals surface area contributed by atoms with Crippen LogP contribution in [-0.4, -0.2) is 21.2 Å². The highest BCUT2D eigenvalue weighted by Crippen LogP contribution is 2.31. The molecular weight excluding hydrogens is 362 g/mol. The highest BCUT2D eigenvalue weighted by atomic mass is 32.2. The van der Waals surface area contributed by atoms with E-state index in [4.69, 9.17) is 10.5 Å². The predicted octanol–water partition coefficient (Wildman–Crippen LogP) is 4.54. The number of phenols is 1. The smallest absolute Gasteiger partial charge is 0.409 e. The number of benzene rings is 3. The van der Waals surface area contributed by atoms with E-state index in [1.54, 1.807) is 42.1 Å². The lowest BCUT2D eigenvalue weighted by Gasteiger charge is -2.03. The van der Waals surface area contributed by atoms with Gasteiger partial charge in [-0.1, -0.05) is 23.9 Å². The number of fused-ring (bicyclic) bond motifs is 1. The number of aromatic hydroxyl groups is 1. The quantitative estimate of drug-likeness (QED) is 0.484. The summed E-state index contributed by atoms with van der Waals surface area (Å²) in [6.07, 6.45) is -0.855. The fourth-order valence-electron chi connectivity index (χ4n) is 2.63. The molecule has 4 aromatic rings. The van der Waals surface area contributed by atoms with Crippen molar-refractivity contribution in [2.24, 2.45) is 5.73 Å². The Kier molecular flexibility index (Phi) is 4.43. The van der Waals surface area contributed by atoms with Crippen LogP contribution in [0.5, 0.6) is 11.5 Å². The van der Waals surface area contributed by atoms with Crippen LogP contribution in [0, 0.1) is 0 Å². The minimum absolute atomic E-state index is 0.254. The van der Waals surface area contributed by atoms with E-state index in [1.165, 1.54) is 0 Å². The number of ether oxygens (including phenoxy) is 1. The number of carbonyl (C=O) groups is 1. The van der Waals surface area contributed by atoms with Gasteiger partial charge in [-0.05, 0) is 48.5 Å². The monoisotopic (exact) mass is 377 g/mol. The molecule has 1 aromatic heterocycles. The van der Waals surface area contributed by atoms with Crippen molar-refractivity contribution in [2.45, 2.75) is 9.79 Å². The molecule has 6 nitrogen and oxygen atoms in total. The molecule has 1 amide bonds. The Balaban J connectivity index is 1.56. The fraction of sp³-hybridized carbons (Fsp3) is 0. The maximum absolute atomic E-state index is 10.9. The predicted molar refractivity (Wildman–Crippen MR) is 104 cm³/mol. The first-order chi connectivity index (χ1) is 13.1. The van der Waals surface area contributed by atoms with Crippen LogP contribution in [-0.2, 0) is 0 Å². The van der Waals surface area contributed by atoms with Crippen molar-refractivity contribution in [3.8, 4) is 22.9 Å². The maximum atomic E-state index is 10.9. The molecule has 0 saturated heterocycles. The molecule has 0 bridgehead atoms. The standard InChI is InChI=1S/C20H15N3O3S/c21-20(25)26-14-5-10-17-18(11-14)23-19(22-17)12-1-6-15(7-2-12)27-16-8-3-13(24)4-9-16/h1-11,24H,(H2,21,25)(H,22,23). The van der Waals surface area contributed by atoms with Crippen molar-refractivity contribution < 1.29 is 14.6 Å². The summed E-state index contributed by atoms with van der Waals surface area (Å²) in [4.78, 5) is 20.8. The van der Waals surface area contributed by atoms with Gasteiger partial charge in [0.1, 0.15) is 17.3 Å². The number of aromatic nitrogens is 2. The third-order valence-corrected chi connectivity index (χ3v) is 4.89. The number of nitrogens with zero attached hydrogens (tertiary/aromatic N) is 1. The first kappa shape index (κ1) is 17.0. The molecule has 134 valence electrons. The SMILES string of the molecule is NC(=O)Oc1ccc2[nH]c(-c3ccc(Sc4ccc(O)cc4)cc3)nc2c1.